The molecule has 1 N–H and O–H groups in total. The van der Waals surface area contributed by atoms with Crippen molar-refractivity contribution in [2.24, 2.45) is 0 Å². The summed E-state index contributed by atoms with van der Waals surface area (Å²) in [6.45, 7) is 2.99. The van der Waals surface area contributed by atoms with E-state index in [2.05, 4.69) is 5.32 Å². The number of nitrogens with zero attached hydrogens (tertiary/aromatic N) is 2. The molecule has 3 rings (SSSR count). The van der Waals surface area contributed by atoms with Crippen LogP contribution in [0.4, 0.5) is 14.5 Å². The van der Waals surface area contributed by atoms with E-state index < -0.39 is 46.1 Å². The van der Waals surface area contributed by atoms with E-state index in [0.29, 0.717) is 24.3 Å². The van der Waals surface area contributed by atoms with Gasteiger partial charge in [-0.15, -0.1) is 0 Å². The monoisotopic (exact) mass is 589 g/mol. The fourth-order valence-corrected chi connectivity index (χ4v) is 5.44. The Morgan fingerprint density at radius 3 is 2.05 bits per heavy atom. The number of carbonyl (C=O) groups excluding carboxylic acids is 2. The summed E-state index contributed by atoms with van der Waals surface area (Å²) in [4.78, 5) is 27.7. The molecule has 0 aromatic heterocycles. The molecule has 0 saturated carbocycles. The summed E-state index contributed by atoms with van der Waals surface area (Å²) in [6, 6.07) is 13.0. The molecule has 0 aliphatic heterocycles. The van der Waals surface area contributed by atoms with E-state index in [1.165, 1.54) is 80.6 Å². The van der Waals surface area contributed by atoms with Crippen molar-refractivity contribution in [3.63, 3.8) is 0 Å². The summed E-state index contributed by atoms with van der Waals surface area (Å²) in [5, 5.41) is 2.74. The van der Waals surface area contributed by atoms with Gasteiger partial charge in [0.1, 0.15) is 24.2 Å². The number of hydrogen-bond acceptors (Lipinski definition) is 6. The van der Waals surface area contributed by atoms with E-state index in [4.69, 9.17) is 9.47 Å². The van der Waals surface area contributed by atoms with Gasteiger partial charge in [-0.3, -0.25) is 13.9 Å². The van der Waals surface area contributed by atoms with Gasteiger partial charge in [-0.25, -0.2) is 17.2 Å². The minimum Gasteiger partial charge on any atom is -0.493 e. The third-order valence-electron chi connectivity index (χ3n) is 6.32. The van der Waals surface area contributed by atoms with Gasteiger partial charge in [-0.1, -0.05) is 19.1 Å². The number of sulfonamides is 1. The Labute approximate surface area is 238 Å². The number of benzene rings is 3. The van der Waals surface area contributed by atoms with Crippen LogP contribution >= 0.6 is 0 Å². The fourth-order valence-electron chi connectivity index (χ4n) is 4.01. The lowest BCUT2D eigenvalue weighted by Gasteiger charge is -2.32. The molecular weight excluding hydrogens is 556 g/mol. The molecule has 0 aliphatic carbocycles. The Morgan fingerprint density at radius 2 is 1.49 bits per heavy atom. The topological polar surface area (TPSA) is 105 Å². The van der Waals surface area contributed by atoms with Crippen LogP contribution in [0, 0.1) is 11.6 Å². The van der Waals surface area contributed by atoms with Gasteiger partial charge in [0.15, 0.2) is 11.5 Å². The van der Waals surface area contributed by atoms with Gasteiger partial charge in [0, 0.05) is 19.2 Å². The molecule has 0 aliphatic rings. The molecule has 0 fully saturated rings. The van der Waals surface area contributed by atoms with Gasteiger partial charge in [-0.2, -0.15) is 0 Å². The number of carbonyl (C=O) groups is 2. The smallest absolute Gasteiger partial charge is 0.264 e. The summed E-state index contributed by atoms with van der Waals surface area (Å²) in [5.74, 6) is -1.75. The van der Waals surface area contributed by atoms with Crippen LogP contribution in [0.5, 0.6) is 11.5 Å². The molecule has 3 aromatic rings. The molecule has 0 bridgehead atoms. The van der Waals surface area contributed by atoms with Crippen molar-refractivity contribution in [1.82, 2.24) is 10.2 Å². The lowest BCUT2D eigenvalue weighted by Crippen LogP contribution is -2.51. The number of rotatable bonds is 13. The number of amides is 2. The molecule has 1 atom stereocenters. The summed E-state index contributed by atoms with van der Waals surface area (Å²) >= 11 is 0. The van der Waals surface area contributed by atoms with Crippen LogP contribution < -0.4 is 19.1 Å². The fraction of sp³-hybridized carbons (Fsp3) is 0.310. The summed E-state index contributed by atoms with van der Waals surface area (Å²) in [5.41, 5.74) is 0.560. The van der Waals surface area contributed by atoms with Crippen LogP contribution in [0.2, 0.25) is 0 Å². The van der Waals surface area contributed by atoms with Crippen molar-refractivity contribution in [3.05, 3.63) is 83.9 Å². The molecule has 3 aromatic carbocycles. The quantitative estimate of drug-likeness (QED) is 0.322. The van der Waals surface area contributed by atoms with Crippen molar-refractivity contribution < 1.29 is 36.3 Å². The SMILES string of the molecule is CCCNC(=O)C(C)N(Cc1ccc(F)cc1)C(=O)CN(c1ccc(F)cc1)S(=O)(=O)c1ccc(OC)c(OC)c1. The highest BCUT2D eigenvalue weighted by Gasteiger charge is 2.33. The van der Waals surface area contributed by atoms with Gasteiger partial charge in [0.25, 0.3) is 10.0 Å². The number of ether oxygens (including phenoxy) is 2. The van der Waals surface area contributed by atoms with E-state index in [1.54, 1.807) is 0 Å². The highest BCUT2D eigenvalue weighted by Crippen LogP contribution is 2.32. The van der Waals surface area contributed by atoms with Crippen LogP contribution in [0.1, 0.15) is 25.8 Å². The Morgan fingerprint density at radius 1 is 0.902 bits per heavy atom. The number of nitrogens with one attached hydrogen (secondary N) is 1. The Balaban J connectivity index is 2.05. The Hall–Kier alpha value is -4.19. The third-order valence-corrected chi connectivity index (χ3v) is 8.09. The largest absolute Gasteiger partial charge is 0.493 e. The molecule has 41 heavy (non-hydrogen) atoms. The van der Waals surface area contributed by atoms with Gasteiger partial charge in [0.05, 0.1) is 24.8 Å². The molecule has 12 heteroatoms. The van der Waals surface area contributed by atoms with Crippen LogP contribution in [0.15, 0.2) is 71.6 Å². The zero-order valence-electron chi connectivity index (χ0n) is 23.3. The molecule has 0 radical (unpaired) electrons. The molecular formula is C29H33F2N3O6S. The average molecular weight is 590 g/mol. The van der Waals surface area contributed by atoms with Gasteiger partial charge < -0.3 is 19.7 Å². The first-order chi connectivity index (χ1) is 19.5. The zero-order valence-corrected chi connectivity index (χ0v) is 24.1. The lowest BCUT2D eigenvalue weighted by atomic mass is 10.1. The van der Waals surface area contributed by atoms with E-state index in [-0.39, 0.29) is 22.9 Å². The second kappa shape index (κ2) is 13.9. The zero-order chi connectivity index (χ0) is 30.2. The standard InChI is InChI=1S/C29H33F2N3O6S/c1-5-16-32-29(36)20(2)33(18-21-6-8-22(30)9-7-21)28(35)19-34(24-12-10-23(31)11-13-24)41(37,38)25-14-15-26(39-3)27(17-25)40-4/h6-15,17,20H,5,16,18-19H2,1-4H3,(H,32,36). The maximum absolute atomic E-state index is 13.9. The van der Waals surface area contributed by atoms with Crippen LogP contribution in [0.25, 0.3) is 0 Å². The first-order valence-electron chi connectivity index (χ1n) is 12.8. The second-order valence-electron chi connectivity index (χ2n) is 9.12. The lowest BCUT2D eigenvalue weighted by molar-refractivity contribution is -0.139. The summed E-state index contributed by atoms with van der Waals surface area (Å²) in [6.07, 6.45) is 0.673. The number of anilines is 1. The Kier molecular flexibility index (Phi) is 10.6. The van der Waals surface area contributed by atoms with Crippen LogP contribution in [-0.2, 0) is 26.2 Å². The predicted octanol–water partition coefficient (Wildman–Crippen LogP) is 4.12. The normalized spacial score (nSPS) is 11.9. The molecule has 0 spiro atoms. The number of hydrogen-bond donors (Lipinski definition) is 1. The summed E-state index contributed by atoms with van der Waals surface area (Å²) < 4.78 is 66.4. The highest BCUT2D eigenvalue weighted by atomic mass is 32.2. The molecule has 2 amide bonds. The first kappa shape index (κ1) is 31.3. The Bertz CT molecular complexity index is 1450. The van der Waals surface area contributed by atoms with Gasteiger partial charge in [0.2, 0.25) is 11.8 Å². The highest BCUT2D eigenvalue weighted by molar-refractivity contribution is 7.92. The number of halogens is 2. The van der Waals surface area contributed by atoms with Gasteiger partial charge in [-0.05, 0) is 67.4 Å². The third kappa shape index (κ3) is 7.72. The van der Waals surface area contributed by atoms with E-state index in [1.807, 2.05) is 6.92 Å². The first-order valence-corrected chi connectivity index (χ1v) is 14.3. The van der Waals surface area contributed by atoms with Crippen molar-refractivity contribution in [3.8, 4) is 11.5 Å². The number of methoxy groups -OCH3 is 2. The molecule has 0 saturated heterocycles. The minimum absolute atomic E-state index is 0.0272. The van der Waals surface area contributed by atoms with Crippen molar-refractivity contribution >= 4 is 27.5 Å². The maximum atomic E-state index is 13.9. The van der Waals surface area contributed by atoms with Gasteiger partial charge >= 0.3 is 0 Å². The summed E-state index contributed by atoms with van der Waals surface area (Å²) in [7, 11) is -1.65. The minimum atomic E-state index is -4.41. The maximum Gasteiger partial charge on any atom is 0.264 e. The van der Waals surface area contributed by atoms with E-state index in [9.17, 15) is 26.8 Å². The predicted molar refractivity (Wildman–Crippen MR) is 150 cm³/mol. The van der Waals surface area contributed by atoms with Crippen molar-refractivity contribution in [2.75, 3.05) is 31.6 Å². The van der Waals surface area contributed by atoms with Crippen molar-refractivity contribution in [2.45, 2.75) is 37.8 Å². The van der Waals surface area contributed by atoms with E-state index >= 15 is 0 Å². The molecule has 0 heterocycles. The second-order valence-corrected chi connectivity index (χ2v) is 11.0. The van der Waals surface area contributed by atoms with Crippen LogP contribution in [0.3, 0.4) is 0 Å². The molecule has 1 unspecified atom stereocenters. The van der Waals surface area contributed by atoms with E-state index in [0.717, 1.165) is 16.4 Å². The molecule has 9 nitrogen and oxygen atoms in total. The average Bonchev–Trinajstić information content (AvgIpc) is 2.97. The molecule has 220 valence electrons. The van der Waals surface area contributed by atoms with Crippen LogP contribution in [-0.4, -0.2) is 58.5 Å². The van der Waals surface area contributed by atoms with Crippen molar-refractivity contribution in [1.29, 1.82) is 0 Å².